The average molecular weight is 276 g/mol. The summed E-state index contributed by atoms with van der Waals surface area (Å²) < 4.78 is 15.8. The molecule has 1 N–H and O–H groups in total. The summed E-state index contributed by atoms with van der Waals surface area (Å²) in [5.41, 5.74) is 0.358. The number of ether oxygens (including phenoxy) is 1. The predicted molar refractivity (Wildman–Crippen MR) is 70.2 cm³/mol. The first-order valence-electron chi connectivity index (χ1n) is 5.23. The molecule has 0 spiro atoms. The summed E-state index contributed by atoms with van der Waals surface area (Å²) in [6, 6.07) is 0. The van der Waals surface area contributed by atoms with Gasteiger partial charge in [-0.05, 0) is 13.8 Å². The van der Waals surface area contributed by atoms with Crippen LogP contribution in [-0.2, 0) is 15.5 Å². The Labute approximate surface area is 107 Å². The van der Waals surface area contributed by atoms with E-state index >= 15 is 0 Å². The average Bonchev–Trinajstić information content (AvgIpc) is 2.59. The molecular formula is C10H16N2O3S2. The van der Waals surface area contributed by atoms with Crippen LogP contribution in [0.5, 0.6) is 0 Å². The molecule has 1 unspecified atom stereocenters. The van der Waals surface area contributed by atoms with E-state index in [1.165, 1.54) is 11.3 Å². The van der Waals surface area contributed by atoms with Crippen LogP contribution < -0.4 is 5.32 Å². The number of rotatable bonds is 6. The van der Waals surface area contributed by atoms with Gasteiger partial charge in [-0.1, -0.05) is 0 Å². The largest absolute Gasteiger partial charge is 0.461 e. The lowest BCUT2D eigenvalue weighted by molar-refractivity contribution is 0.0519. The van der Waals surface area contributed by atoms with E-state index in [1.807, 2.05) is 6.92 Å². The standard InChI is InChI=1S/C10H16N2O3S2/c1-4-15-9(13)8-7(2)16-10(12-8)11-5-6-17(3)14/h4-6H2,1-3H3,(H,11,12). The Morgan fingerprint density at radius 2 is 2.29 bits per heavy atom. The first kappa shape index (κ1) is 14.1. The molecule has 96 valence electrons. The Hall–Kier alpha value is -0.950. The van der Waals surface area contributed by atoms with Gasteiger partial charge in [-0.2, -0.15) is 0 Å². The van der Waals surface area contributed by atoms with Crippen molar-refractivity contribution in [1.29, 1.82) is 0 Å². The molecule has 1 heterocycles. The smallest absolute Gasteiger partial charge is 0.358 e. The summed E-state index contributed by atoms with van der Waals surface area (Å²) in [7, 11) is -0.827. The first-order valence-corrected chi connectivity index (χ1v) is 7.77. The van der Waals surface area contributed by atoms with E-state index in [0.717, 1.165) is 4.88 Å². The van der Waals surface area contributed by atoms with E-state index in [2.05, 4.69) is 10.3 Å². The van der Waals surface area contributed by atoms with Crippen molar-refractivity contribution in [3.63, 3.8) is 0 Å². The minimum atomic E-state index is -0.827. The van der Waals surface area contributed by atoms with Gasteiger partial charge in [-0.25, -0.2) is 9.78 Å². The van der Waals surface area contributed by atoms with Gasteiger partial charge in [0.15, 0.2) is 10.8 Å². The number of anilines is 1. The monoisotopic (exact) mass is 276 g/mol. The minimum absolute atomic E-state index is 0.341. The molecule has 0 saturated heterocycles. The zero-order chi connectivity index (χ0) is 12.8. The lowest BCUT2D eigenvalue weighted by atomic mass is 10.4. The number of esters is 1. The van der Waals surface area contributed by atoms with Crippen LogP contribution in [0.2, 0.25) is 0 Å². The predicted octanol–water partition coefficient (Wildman–Crippen LogP) is 1.42. The molecule has 0 amide bonds. The van der Waals surface area contributed by atoms with Crippen LogP contribution >= 0.6 is 11.3 Å². The van der Waals surface area contributed by atoms with Gasteiger partial charge in [0.25, 0.3) is 0 Å². The number of hydrogen-bond donors (Lipinski definition) is 1. The van der Waals surface area contributed by atoms with Crippen LogP contribution in [0.15, 0.2) is 0 Å². The number of aromatic nitrogens is 1. The Morgan fingerprint density at radius 1 is 1.59 bits per heavy atom. The molecule has 0 radical (unpaired) electrons. The fourth-order valence-corrected chi connectivity index (χ4v) is 2.38. The third kappa shape index (κ3) is 4.43. The third-order valence-corrected chi connectivity index (χ3v) is 3.64. The molecular weight excluding hydrogens is 260 g/mol. The summed E-state index contributed by atoms with van der Waals surface area (Å²) in [6.07, 6.45) is 1.65. The molecule has 0 aromatic carbocycles. The van der Waals surface area contributed by atoms with E-state index in [0.29, 0.717) is 29.7 Å². The Morgan fingerprint density at radius 3 is 2.88 bits per heavy atom. The molecule has 0 aliphatic carbocycles. The molecule has 0 saturated carbocycles. The van der Waals surface area contributed by atoms with E-state index in [-0.39, 0.29) is 0 Å². The molecule has 0 aliphatic rings. The van der Waals surface area contributed by atoms with Crippen LogP contribution in [0, 0.1) is 6.92 Å². The lowest BCUT2D eigenvalue weighted by Gasteiger charge is -1.99. The number of thiazole rings is 1. The van der Waals surface area contributed by atoms with Gasteiger partial charge in [0, 0.05) is 34.2 Å². The molecule has 17 heavy (non-hydrogen) atoms. The van der Waals surface area contributed by atoms with Crippen molar-refractivity contribution in [2.75, 3.05) is 30.5 Å². The Kier molecular flexibility index (Phi) is 5.57. The van der Waals surface area contributed by atoms with Crippen LogP contribution in [0.1, 0.15) is 22.3 Å². The number of nitrogens with one attached hydrogen (secondary N) is 1. The molecule has 1 rings (SSSR count). The highest BCUT2D eigenvalue weighted by Gasteiger charge is 2.16. The summed E-state index contributed by atoms with van der Waals surface area (Å²) >= 11 is 1.40. The summed E-state index contributed by atoms with van der Waals surface area (Å²) in [5, 5.41) is 3.70. The maximum Gasteiger partial charge on any atom is 0.358 e. The zero-order valence-electron chi connectivity index (χ0n) is 10.1. The molecule has 1 aromatic rings. The van der Waals surface area contributed by atoms with Crippen molar-refractivity contribution in [1.82, 2.24) is 4.98 Å². The Balaban J connectivity index is 2.61. The highest BCUT2D eigenvalue weighted by Crippen LogP contribution is 2.22. The van der Waals surface area contributed by atoms with Crippen molar-refractivity contribution in [3.8, 4) is 0 Å². The van der Waals surface area contributed by atoms with Gasteiger partial charge in [-0.15, -0.1) is 11.3 Å². The fraction of sp³-hybridized carbons (Fsp3) is 0.600. The van der Waals surface area contributed by atoms with Gasteiger partial charge >= 0.3 is 5.97 Å². The van der Waals surface area contributed by atoms with E-state index < -0.39 is 16.8 Å². The summed E-state index contributed by atoms with van der Waals surface area (Å²) in [4.78, 5) is 16.5. The van der Waals surface area contributed by atoms with Crippen molar-refractivity contribution in [2.24, 2.45) is 0 Å². The van der Waals surface area contributed by atoms with Crippen molar-refractivity contribution < 1.29 is 13.7 Å². The van der Waals surface area contributed by atoms with Crippen LogP contribution in [0.3, 0.4) is 0 Å². The first-order chi connectivity index (χ1) is 8.04. The summed E-state index contributed by atoms with van der Waals surface area (Å²) in [6.45, 7) is 4.51. The maximum atomic E-state index is 11.5. The second kappa shape index (κ2) is 6.70. The fourth-order valence-electron chi connectivity index (χ4n) is 1.16. The molecule has 1 aromatic heterocycles. The zero-order valence-corrected chi connectivity index (χ0v) is 11.7. The van der Waals surface area contributed by atoms with Crippen molar-refractivity contribution in [3.05, 3.63) is 10.6 Å². The van der Waals surface area contributed by atoms with Crippen LogP contribution in [0.25, 0.3) is 0 Å². The normalized spacial score (nSPS) is 12.2. The Bertz CT molecular complexity index is 418. The molecule has 0 bridgehead atoms. The molecule has 5 nitrogen and oxygen atoms in total. The van der Waals surface area contributed by atoms with Gasteiger partial charge in [0.1, 0.15) is 0 Å². The summed E-state index contributed by atoms with van der Waals surface area (Å²) in [5.74, 6) is 0.168. The van der Waals surface area contributed by atoms with Gasteiger partial charge in [-0.3, -0.25) is 4.21 Å². The third-order valence-electron chi connectivity index (χ3n) is 1.93. The van der Waals surface area contributed by atoms with Gasteiger partial charge < -0.3 is 10.1 Å². The number of hydrogen-bond acceptors (Lipinski definition) is 6. The van der Waals surface area contributed by atoms with Crippen molar-refractivity contribution in [2.45, 2.75) is 13.8 Å². The highest BCUT2D eigenvalue weighted by molar-refractivity contribution is 7.84. The molecule has 1 atom stereocenters. The highest BCUT2D eigenvalue weighted by atomic mass is 32.2. The molecule has 0 aliphatic heterocycles. The number of carbonyl (C=O) groups excluding carboxylic acids is 1. The molecule has 0 fully saturated rings. The second-order valence-corrected chi connectivity index (χ2v) is 6.11. The molecule has 7 heteroatoms. The van der Waals surface area contributed by atoms with Crippen LogP contribution in [0.4, 0.5) is 5.13 Å². The van der Waals surface area contributed by atoms with Gasteiger partial charge in [0.2, 0.25) is 0 Å². The van der Waals surface area contributed by atoms with E-state index in [9.17, 15) is 9.00 Å². The second-order valence-electron chi connectivity index (χ2n) is 3.35. The number of aryl methyl sites for hydroxylation is 1. The van der Waals surface area contributed by atoms with E-state index in [4.69, 9.17) is 4.74 Å². The topological polar surface area (TPSA) is 68.3 Å². The number of nitrogens with zero attached hydrogens (tertiary/aromatic N) is 1. The SMILES string of the molecule is CCOC(=O)c1nc(NCCS(C)=O)sc1C. The minimum Gasteiger partial charge on any atom is -0.461 e. The lowest BCUT2D eigenvalue weighted by Crippen LogP contribution is -2.10. The maximum absolute atomic E-state index is 11.5. The number of carbonyl (C=O) groups is 1. The van der Waals surface area contributed by atoms with Gasteiger partial charge in [0.05, 0.1) is 6.61 Å². The van der Waals surface area contributed by atoms with Crippen LogP contribution in [-0.4, -0.2) is 40.3 Å². The van der Waals surface area contributed by atoms with E-state index in [1.54, 1.807) is 13.2 Å². The van der Waals surface area contributed by atoms with Crippen molar-refractivity contribution >= 4 is 33.2 Å². The quantitative estimate of drug-likeness (QED) is 0.796.